The topological polar surface area (TPSA) is 0 Å². The average Bonchev–Trinajstić information content (AvgIpc) is 2.49. The Morgan fingerprint density at radius 1 is 0.846 bits per heavy atom. The van der Waals surface area contributed by atoms with Crippen molar-refractivity contribution in [2.24, 2.45) is 17.8 Å². The van der Waals surface area contributed by atoms with Gasteiger partial charge in [-0.15, -0.1) is 0 Å². The van der Waals surface area contributed by atoms with Gasteiger partial charge in [-0.25, -0.2) is 0 Å². The third-order valence-electron chi connectivity index (χ3n) is 4.17. The second-order valence-electron chi connectivity index (χ2n) is 5.52. The van der Waals surface area contributed by atoms with E-state index in [0.717, 1.165) is 17.8 Å². The Morgan fingerprint density at radius 2 is 1.31 bits per heavy atom. The van der Waals surface area contributed by atoms with Gasteiger partial charge in [0.05, 0.1) is 0 Å². The predicted octanol–water partition coefficient (Wildman–Crippen LogP) is 4.39. The van der Waals surface area contributed by atoms with Gasteiger partial charge in [-0.1, -0.05) is 51.9 Å². The first-order valence-corrected chi connectivity index (χ1v) is 6.34. The van der Waals surface area contributed by atoms with Gasteiger partial charge in [0.15, 0.2) is 0 Å². The van der Waals surface area contributed by atoms with E-state index in [0.29, 0.717) is 0 Å². The SMILES string of the molecule is C[C@H](CC1CCCC1)CC1CCC1. The molecule has 0 bridgehead atoms. The highest BCUT2D eigenvalue weighted by Gasteiger charge is 2.23. The van der Waals surface area contributed by atoms with E-state index in [1.54, 1.807) is 0 Å². The monoisotopic (exact) mass is 180 g/mol. The van der Waals surface area contributed by atoms with Crippen LogP contribution in [0, 0.1) is 17.8 Å². The molecule has 0 heterocycles. The molecule has 0 aliphatic heterocycles. The Labute approximate surface area is 83.1 Å². The summed E-state index contributed by atoms with van der Waals surface area (Å²) < 4.78 is 0. The molecule has 2 aliphatic rings. The zero-order chi connectivity index (χ0) is 9.10. The van der Waals surface area contributed by atoms with Crippen molar-refractivity contribution in [1.29, 1.82) is 0 Å². The molecule has 0 radical (unpaired) electrons. The lowest BCUT2D eigenvalue weighted by atomic mass is 9.77. The third-order valence-corrected chi connectivity index (χ3v) is 4.17. The van der Waals surface area contributed by atoms with E-state index in [2.05, 4.69) is 6.92 Å². The van der Waals surface area contributed by atoms with Gasteiger partial charge >= 0.3 is 0 Å². The molecule has 0 amide bonds. The molecule has 2 saturated carbocycles. The van der Waals surface area contributed by atoms with E-state index >= 15 is 0 Å². The van der Waals surface area contributed by atoms with Crippen LogP contribution in [0.25, 0.3) is 0 Å². The molecule has 0 spiro atoms. The molecule has 2 rings (SSSR count). The Hall–Kier alpha value is 0. The third kappa shape index (κ3) is 2.72. The summed E-state index contributed by atoms with van der Waals surface area (Å²) >= 11 is 0. The molecule has 76 valence electrons. The molecule has 2 aliphatic carbocycles. The lowest BCUT2D eigenvalue weighted by molar-refractivity contribution is 0.235. The summed E-state index contributed by atoms with van der Waals surface area (Å²) in [5, 5.41) is 0. The molecule has 0 nitrogen and oxygen atoms in total. The van der Waals surface area contributed by atoms with Crippen molar-refractivity contribution in [2.45, 2.75) is 64.7 Å². The van der Waals surface area contributed by atoms with Gasteiger partial charge in [0.2, 0.25) is 0 Å². The Kier molecular flexibility index (Phi) is 3.29. The van der Waals surface area contributed by atoms with Gasteiger partial charge in [0.1, 0.15) is 0 Å². The minimum Gasteiger partial charge on any atom is -0.0625 e. The van der Waals surface area contributed by atoms with Gasteiger partial charge in [-0.3, -0.25) is 0 Å². The van der Waals surface area contributed by atoms with Crippen molar-refractivity contribution < 1.29 is 0 Å². The van der Waals surface area contributed by atoms with Crippen molar-refractivity contribution in [3.05, 3.63) is 0 Å². The molecule has 0 saturated heterocycles. The summed E-state index contributed by atoms with van der Waals surface area (Å²) in [5.74, 6) is 3.25. The summed E-state index contributed by atoms with van der Waals surface area (Å²) in [6, 6.07) is 0. The van der Waals surface area contributed by atoms with Gasteiger partial charge in [0.25, 0.3) is 0 Å². The van der Waals surface area contributed by atoms with Crippen molar-refractivity contribution in [3.63, 3.8) is 0 Å². The maximum absolute atomic E-state index is 2.48. The first kappa shape index (κ1) is 9.55. The molecular formula is C13H24. The molecule has 0 aromatic carbocycles. The lowest BCUT2D eigenvalue weighted by Gasteiger charge is -2.29. The quantitative estimate of drug-likeness (QED) is 0.602. The average molecular weight is 180 g/mol. The normalized spacial score (nSPS) is 27.5. The highest BCUT2D eigenvalue weighted by Crippen LogP contribution is 2.36. The van der Waals surface area contributed by atoms with Crippen LogP contribution in [0.3, 0.4) is 0 Å². The van der Waals surface area contributed by atoms with Gasteiger partial charge in [0, 0.05) is 0 Å². The number of hydrogen-bond donors (Lipinski definition) is 0. The molecule has 0 heteroatoms. The smallest absolute Gasteiger partial charge is 0.0412 e. The Bertz CT molecular complexity index is 140. The van der Waals surface area contributed by atoms with E-state index in [1.807, 2.05) is 0 Å². The molecule has 1 atom stereocenters. The highest BCUT2D eigenvalue weighted by molar-refractivity contribution is 4.75. The molecule has 0 aromatic heterocycles. The number of rotatable bonds is 4. The van der Waals surface area contributed by atoms with Crippen molar-refractivity contribution in [1.82, 2.24) is 0 Å². The zero-order valence-corrected chi connectivity index (χ0v) is 9.10. The van der Waals surface area contributed by atoms with Crippen LogP contribution in [0.5, 0.6) is 0 Å². The van der Waals surface area contributed by atoms with Crippen LogP contribution in [0.2, 0.25) is 0 Å². The van der Waals surface area contributed by atoms with E-state index in [-0.39, 0.29) is 0 Å². The van der Waals surface area contributed by atoms with Crippen molar-refractivity contribution in [2.75, 3.05) is 0 Å². The fraction of sp³-hybridized carbons (Fsp3) is 1.00. The second-order valence-corrected chi connectivity index (χ2v) is 5.52. The van der Waals surface area contributed by atoms with Crippen LogP contribution in [-0.2, 0) is 0 Å². The van der Waals surface area contributed by atoms with E-state index in [9.17, 15) is 0 Å². The molecule has 0 N–H and O–H groups in total. The fourth-order valence-corrected chi connectivity index (χ4v) is 3.21. The van der Waals surface area contributed by atoms with Crippen LogP contribution in [0.15, 0.2) is 0 Å². The minimum atomic E-state index is 1.02. The maximum Gasteiger partial charge on any atom is -0.0412 e. The van der Waals surface area contributed by atoms with E-state index in [1.165, 1.54) is 57.8 Å². The predicted molar refractivity (Wildman–Crippen MR) is 57.7 cm³/mol. The van der Waals surface area contributed by atoms with Crippen LogP contribution >= 0.6 is 0 Å². The standard InChI is InChI=1S/C13H24/c1-11(10-13-7-4-8-13)9-12-5-2-3-6-12/h11-13H,2-10H2,1H3/t11-/m1/s1. The maximum atomic E-state index is 2.48. The summed E-state index contributed by atoms with van der Waals surface area (Å²) in [7, 11) is 0. The summed E-state index contributed by atoms with van der Waals surface area (Å²) in [6.45, 7) is 2.48. The zero-order valence-electron chi connectivity index (χ0n) is 9.10. The van der Waals surface area contributed by atoms with Crippen molar-refractivity contribution in [3.8, 4) is 0 Å². The largest absolute Gasteiger partial charge is 0.0625 e. The number of hydrogen-bond acceptors (Lipinski definition) is 0. The Balaban J connectivity index is 1.61. The first-order chi connectivity index (χ1) is 6.34. The lowest BCUT2D eigenvalue weighted by Crippen LogP contribution is -2.15. The van der Waals surface area contributed by atoms with Crippen LogP contribution in [0.4, 0.5) is 0 Å². The minimum absolute atomic E-state index is 1.02. The summed E-state index contributed by atoms with van der Waals surface area (Å²) in [5.41, 5.74) is 0. The fourth-order valence-electron chi connectivity index (χ4n) is 3.21. The molecule has 0 unspecified atom stereocenters. The molecular weight excluding hydrogens is 156 g/mol. The summed E-state index contributed by atoms with van der Waals surface area (Å²) in [6.07, 6.45) is 13.8. The van der Waals surface area contributed by atoms with Crippen molar-refractivity contribution >= 4 is 0 Å². The van der Waals surface area contributed by atoms with Gasteiger partial charge in [-0.2, -0.15) is 0 Å². The van der Waals surface area contributed by atoms with Crippen LogP contribution < -0.4 is 0 Å². The summed E-state index contributed by atoms with van der Waals surface area (Å²) in [4.78, 5) is 0. The van der Waals surface area contributed by atoms with Crippen LogP contribution in [0.1, 0.15) is 64.7 Å². The second kappa shape index (κ2) is 4.48. The molecule has 13 heavy (non-hydrogen) atoms. The van der Waals surface area contributed by atoms with Crippen LogP contribution in [-0.4, -0.2) is 0 Å². The van der Waals surface area contributed by atoms with E-state index in [4.69, 9.17) is 0 Å². The first-order valence-electron chi connectivity index (χ1n) is 6.34. The van der Waals surface area contributed by atoms with Gasteiger partial charge in [-0.05, 0) is 30.6 Å². The van der Waals surface area contributed by atoms with E-state index < -0.39 is 0 Å². The Morgan fingerprint density at radius 3 is 1.69 bits per heavy atom. The molecule has 0 aromatic rings. The molecule has 2 fully saturated rings. The van der Waals surface area contributed by atoms with Gasteiger partial charge < -0.3 is 0 Å². The highest BCUT2D eigenvalue weighted by atomic mass is 14.3.